The molecule has 0 radical (unpaired) electrons. The van der Waals surface area contributed by atoms with Gasteiger partial charge >= 0.3 is 11.7 Å². The summed E-state index contributed by atoms with van der Waals surface area (Å²) in [6.07, 6.45) is 1.20. The van der Waals surface area contributed by atoms with Crippen LogP contribution in [-0.4, -0.2) is 30.4 Å². The smallest absolute Gasteiger partial charge is 0.405 e. The molecule has 0 unspecified atom stereocenters. The van der Waals surface area contributed by atoms with Gasteiger partial charge in [-0.1, -0.05) is 30.3 Å². The number of amides is 1. The van der Waals surface area contributed by atoms with Crippen molar-refractivity contribution in [2.45, 2.75) is 13.0 Å². The molecular weight excluding hydrogens is 296 g/mol. The lowest BCUT2D eigenvalue weighted by Gasteiger charge is -2.25. The van der Waals surface area contributed by atoms with Crippen molar-refractivity contribution in [1.29, 1.82) is 0 Å². The lowest BCUT2D eigenvalue weighted by atomic mass is 10.1. The predicted molar refractivity (Wildman–Crippen MR) is 83.3 cm³/mol. The van der Waals surface area contributed by atoms with Crippen LogP contribution in [-0.2, 0) is 9.53 Å². The molecule has 0 saturated heterocycles. The first-order chi connectivity index (χ1) is 11.0. The molecule has 6 nitrogen and oxygen atoms in total. The summed E-state index contributed by atoms with van der Waals surface area (Å²) in [6.45, 7) is 1.47. The molecule has 0 aliphatic heterocycles. The van der Waals surface area contributed by atoms with Crippen LogP contribution in [0.5, 0.6) is 0 Å². The zero-order valence-corrected chi connectivity index (χ0v) is 13.0. The molecule has 1 atom stereocenters. The van der Waals surface area contributed by atoms with E-state index in [-0.39, 0.29) is 17.6 Å². The number of rotatable bonds is 5. The van der Waals surface area contributed by atoms with Gasteiger partial charge in [0.15, 0.2) is 12.8 Å². The highest BCUT2D eigenvalue weighted by Gasteiger charge is 2.21. The van der Waals surface area contributed by atoms with Crippen LogP contribution in [0.1, 0.15) is 29.0 Å². The molecule has 120 valence electrons. The summed E-state index contributed by atoms with van der Waals surface area (Å²) in [6, 6.07) is 13.8. The summed E-state index contributed by atoms with van der Waals surface area (Å²) in [5.74, 6) is -1.17. The number of nitrogens with zero attached hydrogens (tertiary/aromatic N) is 2. The fraction of sp³-hybridized carbons (Fsp3) is 0.235. The molecular formula is C17H18N2O4. The number of hydrogen-bond acceptors (Lipinski definition) is 4. The Hall–Kier alpha value is -2.89. The van der Waals surface area contributed by atoms with Crippen LogP contribution >= 0.6 is 0 Å². The Kier molecular flexibility index (Phi) is 5.30. The zero-order valence-electron chi connectivity index (χ0n) is 13.0. The van der Waals surface area contributed by atoms with Gasteiger partial charge in [-0.05, 0) is 18.6 Å². The maximum Gasteiger partial charge on any atom is 0.405 e. The van der Waals surface area contributed by atoms with Crippen LogP contribution in [0.3, 0.4) is 0 Å². The van der Waals surface area contributed by atoms with Gasteiger partial charge < -0.3 is 14.8 Å². The van der Waals surface area contributed by atoms with Crippen LogP contribution in [0.25, 0.3) is 0 Å². The molecule has 1 heterocycles. The Morgan fingerprint density at radius 1 is 1.17 bits per heavy atom. The number of likely N-dealkylation sites (N-methyl/N-ethyl adjacent to an activating group) is 1. The van der Waals surface area contributed by atoms with Crippen molar-refractivity contribution in [3.63, 3.8) is 0 Å². The topological polar surface area (TPSA) is 73.5 Å². The number of esters is 1. The number of aromatic nitrogens is 1. The minimum Gasteiger partial charge on any atom is -0.618 e. The molecule has 1 aromatic heterocycles. The van der Waals surface area contributed by atoms with Crippen molar-refractivity contribution in [3.8, 4) is 0 Å². The molecule has 2 rings (SSSR count). The monoisotopic (exact) mass is 314 g/mol. The second kappa shape index (κ2) is 7.40. The second-order valence-electron chi connectivity index (χ2n) is 5.08. The van der Waals surface area contributed by atoms with Gasteiger partial charge in [0, 0.05) is 19.2 Å². The molecule has 23 heavy (non-hydrogen) atoms. The number of ether oxygens (including phenoxy) is 1. The molecule has 0 N–H and O–H groups in total. The van der Waals surface area contributed by atoms with Gasteiger partial charge in [0.05, 0.1) is 6.04 Å². The van der Waals surface area contributed by atoms with Crippen molar-refractivity contribution >= 4 is 11.9 Å². The van der Waals surface area contributed by atoms with Gasteiger partial charge in [0.25, 0.3) is 5.91 Å². The maximum atomic E-state index is 12.1. The minimum atomic E-state index is -0.824. The highest BCUT2D eigenvalue weighted by Crippen LogP contribution is 2.18. The molecule has 0 fully saturated rings. The molecule has 2 aromatic rings. The summed E-state index contributed by atoms with van der Waals surface area (Å²) in [4.78, 5) is 25.5. The normalized spacial score (nSPS) is 11.6. The summed E-state index contributed by atoms with van der Waals surface area (Å²) >= 11 is 0. The maximum absolute atomic E-state index is 12.1. The molecule has 0 aliphatic carbocycles. The standard InChI is InChI=1S/C17H18N2O4/c1-13(14-8-4-3-5-9-14)18(2)16(20)12-23-17(21)15-10-6-7-11-19(15)22/h3-11,13H,12H2,1-2H3/t13-/m1/s1. The summed E-state index contributed by atoms with van der Waals surface area (Å²) in [5.41, 5.74) is 0.828. The fourth-order valence-corrected chi connectivity index (χ4v) is 2.06. The Bertz CT molecular complexity index is 688. The number of benzene rings is 1. The highest BCUT2D eigenvalue weighted by atomic mass is 16.5. The SMILES string of the molecule is C[C@H](c1ccccc1)N(C)C(=O)COC(=O)c1cccc[n+]1[O-]. The third kappa shape index (κ3) is 4.06. The van der Waals surface area contributed by atoms with E-state index in [9.17, 15) is 14.8 Å². The molecule has 0 spiro atoms. The van der Waals surface area contributed by atoms with E-state index in [0.717, 1.165) is 5.56 Å². The minimum absolute atomic E-state index is 0.149. The number of pyridine rings is 1. The molecule has 1 aromatic carbocycles. The van der Waals surface area contributed by atoms with Gasteiger partial charge in [0.1, 0.15) is 0 Å². The quantitative estimate of drug-likeness (QED) is 0.478. The lowest BCUT2D eigenvalue weighted by Crippen LogP contribution is -2.37. The lowest BCUT2D eigenvalue weighted by molar-refractivity contribution is -0.608. The van der Waals surface area contributed by atoms with Crippen LogP contribution in [0, 0.1) is 5.21 Å². The summed E-state index contributed by atoms with van der Waals surface area (Å²) in [5, 5.41) is 11.5. The van der Waals surface area contributed by atoms with E-state index >= 15 is 0 Å². The van der Waals surface area contributed by atoms with E-state index in [1.807, 2.05) is 37.3 Å². The van der Waals surface area contributed by atoms with E-state index in [1.165, 1.54) is 23.2 Å². The fourth-order valence-electron chi connectivity index (χ4n) is 2.06. The second-order valence-corrected chi connectivity index (χ2v) is 5.08. The molecule has 0 saturated carbocycles. The van der Waals surface area contributed by atoms with Crippen molar-refractivity contribution in [2.24, 2.45) is 0 Å². The van der Waals surface area contributed by atoms with Crippen molar-refractivity contribution in [3.05, 3.63) is 71.2 Å². The number of carbonyl (C=O) groups is 2. The predicted octanol–water partition coefficient (Wildman–Crippen LogP) is 1.70. The highest BCUT2D eigenvalue weighted by molar-refractivity contribution is 5.88. The molecule has 0 bridgehead atoms. The Morgan fingerprint density at radius 3 is 2.48 bits per heavy atom. The average Bonchev–Trinajstić information content (AvgIpc) is 2.59. The van der Waals surface area contributed by atoms with Crippen LogP contribution < -0.4 is 4.73 Å². The van der Waals surface area contributed by atoms with Crippen molar-refractivity contribution in [2.75, 3.05) is 13.7 Å². The average molecular weight is 314 g/mol. The Balaban J connectivity index is 1.94. The van der Waals surface area contributed by atoms with Gasteiger partial charge in [-0.15, -0.1) is 0 Å². The van der Waals surface area contributed by atoms with E-state index in [0.29, 0.717) is 4.73 Å². The van der Waals surface area contributed by atoms with E-state index in [4.69, 9.17) is 4.74 Å². The van der Waals surface area contributed by atoms with Crippen LogP contribution in [0.4, 0.5) is 0 Å². The third-order valence-electron chi connectivity index (χ3n) is 3.62. The van der Waals surface area contributed by atoms with Crippen molar-refractivity contribution in [1.82, 2.24) is 4.90 Å². The zero-order chi connectivity index (χ0) is 16.8. The first kappa shape index (κ1) is 16.5. The Morgan fingerprint density at radius 2 is 1.83 bits per heavy atom. The van der Waals surface area contributed by atoms with Gasteiger partial charge in [0.2, 0.25) is 0 Å². The first-order valence-electron chi connectivity index (χ1n) is 7.16. The van der Waals surface area contributed by atoms with Gasteiger partial charge in [-0.2, -0.15) is 4.73 Å². The van der Waals surface area contributed by atoms with Gasteiger partial charge in [-0.25, -0.2) is 4.79 Å². The largest absolute Gasteiger partial charge is 0.618 e. The molecule has 0 aliphatic rings. The first-order valence-corrected chi connectivity index (χ1v) is 7.16. The van der Waals surface area contributed by atoms with E-state index in [1.54, 1.807) is 13.1 Å². The molecule has 6 heteroatoms. The third-order valence-corrected chi connectivity index (χ3v) is 3.62. The summed E-state index contributed by atoms with van der Waals surface area (Å²) in [7, 11) is 1.64. The summed E-state index contributed by atoms with van der Waals surface area (Å²) < 4.78 is 5.33. The van der Waals surface area contributed by atoms with Gasteiger partial charge in [-0.3, -0.25) is 4.79 Å². The van der Waals surface area contributed by atoms with Crippen LogP contribution in [0.2, 0.25) is 0 Å². The number of hydrogen-bond donors (Lipinski definition) is 0. The van der Waals surface area contributed by atoms with E-state index < -0.39 is 12.6 Å². The van der Waals surface area contributed by atoms with Crippen molar-refractivity contribution < 1.29 is 19.1 Å². The van der Waals surface area contributed by atoms with Crippen LogP contribution in [0.15, 0.2) is 54.7 Å². The Labute approximate surface area is 134 Å². The van der Waals surface area contributed by atoms with E-state index in [2.05, 4.69) is 0 Å². The number of carbonyl (C=O) groups excluding carboxylic acids is 2. The molecule has 1 amide bonds.